The Morgan fingerprint density at radius 1 is 1.13 bits per heavy atom. The van der Waals surface area contributed by atoms with Gasteiger partial charge in [0.25, 0.3) is 0 Å². The van der Waals surface area contributed by atoms with E-state index in [9.17, 15) is 9.32 Å². The summed E-state index contributed by atoms with van der Waals surface area (Å²) < 4.78 is 16.8. The fourth-order valence-corrected chi connectivity index (χ4v) is 5.99. The van der Waals surface area contributed by atoms with Crippen LogP contribution in [0.2, 0.25) is 0 Å². The largest absolute Gasteiger partial charge is 0.394 e. The van der Waals surface area contributed by atoms with Gasteiger partial charge in [-0.25, -0.2) is 13.5 Å². The van der Waals surface area contributed by atoms with E-state index in [0.29, 0.717) is 12.5 Å². The zero-order chi connectivity index (χ0) is 26.1. The number of aromatic nitrogens is 4. The molecule has 2 N–H and O–H groups in total. The standard InChI is InChI=1S/C28H33N7O2S/c1-33(16-13-21-5-2-3-14-29-21)38(37)24-11-9-22(10-12-24)30-28-18-26(34-15-4-6-23(34)19-36)31-27-17-25(20-7-8-20)32-35(27)28/h2-3,5,9-12,14,17-18,20,23,30,36H,4,6-8,13,15-16,19H2,1H3. The number of benzene rings is 1. The van der Waals surface area contributed by atoms with E-state index < -0.39 is 11.0 Å². The third-order valence-corrected chi connectivity index (χ3v) is 8.75. The van der Waals surface area contributed by atoms with Crippen LogP contribution in [0.15, 0.2) is 65.7 Å². The summed E-state index contributed by atoms with van der Waals surface area (Å²) in [5, 5.41) is 18.2. The molecule has 6 rings (SSSR count). The second kappa shape index (κ2) is 10.8. The number of nitrogens with one attached hydrogen (secondary N) is 1. The predicted octanol–water partition coefficient (Wildman–Crippen LogP) is 3.90. The fraction of sp³-hybridized carbons (Fsp3) is 0.393. The van der Waals surface area contributed by atoms with Crippen LogP contribution in [0.3, 0.4) is 0 Å². The van der Waals surface area contributed by atoms with Gasteiger partial charge < -0.3 is 15.3 Å². The first-order chi connectivity index (χ1) is 18.6. The number of aliphatic hydroxyl groups is 1. The Kier molecular flexibility index (Phi) is 7.10. The van der Waals surface area contributed by atoms with Crippen LogP contribution in [-0.4, -0.2) is 66.0 Å². The molecule has 0 spiro atoms. The number of rotatable bonds is 10. The van der Waals surface area contributed by atoms with Crippen LogP contribution >= 0.6 is 0 Å². The average molecular weight is 532 g/mol. The summed E-state index contributed by atoms with van der Waals surface area (Å²) in [6, 6.07) is 17.7. The molecular formula is C28H33N7O2S. The Labute approximate surface area is 225 Å². The highest BCUT2D eigenvalue weighted by Crippen LogP contribution is 2.40. The molecule has 2 aliphatic rings. The van der Waals surface area contributed by atoms with Crippen molar-refractivity contribution in [3.05, 3.63) is 72.2 Å². The van der Waals surface area contributed by atoms with Gasteiger partial charge in [0, 0.05) is 62.2 Å². The zero-order valence-electron chi connectivity index (χ0n) is 21.5. The van der Waals surface area contributed by atoms with Gasteiger partial charge in [-0.05, 0) is 62.1 Å². The molecule has 3 aromatic heterocycles. The van der Waals surface area contributed by atoms with E-state index in [1.807, 2.05) is 64.4 Å². The molecule has 198 valence electrons. The molecule has 0 radical (unpaired) electrons. The summed E-state index contributed by atoms with van der Waals surface area (Å²) >= 11 is 0. The summed E-state index contributed by atoms with van der Waals surface area (Å²) in [5.41, 5.74) is 3.76. The van der Waals surface area contributed by atoms with Gasteiger partial charge in [-0.2, -0.15) is 9.61 Å². The molecule has 2 atom stereocenters. The van der Waals surface area contributed by atoms with Crippen molar-refractivity contribution >= 4 is 34.0 Å². The maximum Gasteiger partial charge on any atom is 0.160 e. The van der Waals surface area contributed by atoms with E-state index in [4.69, 9.17) is 10.1 Å². The highest BCUT2D eigenvalue weighted by atomic mass is 32.2. The monoisotopic (exact) mass is 531 g/mol. The van der Waals surface area contributed by atoms with E-state index in [2.05, 4.69) is 21.3 Å². The van der Waals surface area contributed by atoms with Gasteiger partial charge in [-0.3, -0.25) is 4.98 Å². The molecule has 2 unspecified atom stereocenters. The molecule has 1 aromatic carbocycles. The van der Waals surface area contributed by atoms with E-state index in [-0.39, 0.29) is 12.6 Å². The topological polar surface area (TPSA) is 98.9 Å². The molecule has 4 heterocycles. The SMILES string of the molecule is CN(CCc1ccccn1)S(=O)c1ccc(Nc2cc(N3CCCC3CO)nc3cc(C4CC4)nn23)cc1. The molecule has 0 bridgehead atoms. The van der Waals surface area contributed by atoms with Crippen molar-refractivity contribution in [3.8, 4) is 0 Å². The van der Waals surface area contributed by atoms with Gasteiger partial charge in [-0.1, -0.05) is 6.07 Å². The molecule has 10 heteroatoms. The van der Waals surface area contributed by atoms with Crippen molar-refractivity contribution in [1.82, 2.24) is 23.9 Å². The predicted molar refractivity (Wildman–Crippen MR) is 149 cm³/mol. The smallest absolute Gasteiger partial charge is 0.160 e. The molecule has 2 fully saturated rings. The molecule has 4 aromatic rings. The lowest BCUT2D eigenvalue weighted by molar-refractivity contribution is 0.266. The number of aliphatic hydroxyl groups excluding tert-OH is 1. The summed E-state index contributed by atoms with van der Waals surface area (Å²) in [5.74, 6) is 2.20. The van der Waals surface area contributed by atoms with Crippen molar-refractivity contribution < 1.29 is 9.32 Å². The second-order valence-electron chi connectivity index (χ2n) is 10.1. The van der Waals surface area contributed by atoms with E-state index in [0.717, 1.165) is 65.1 Å². The Hall–Kier alpha value is -3.34. The number of pyridine rings is 1. The Balaban J connectivity index is 1.21. The summed E-state index contributed by atoms with van der Waals surface area (Å²) in [6.07, 6.45) is 6.88. The Bertz CT molecular complexity index is 1420. The lowest BCUT2D eigenvalue weighted by atomic mass is 10.2. The third kappa shape index (κ3) is 5.29. The fourth-order valence-electron chi connectivity index (χ4n) is 5.00. The van der Waals surface area contributed by atoms with Crippen molar-refractivity contribution in [2.75, 3.05) is 37.0 Å². The molecule has 9 nitrogen and oxygen atoms in total. The number of hydrogen-bond donors (Lipinski definition) is 2. The second-order valence-corrected chi connectivity index (χ2v) is 11.7. The molecule has 1 aliphatic heterocycles. The van der Waals surface area contributed by atoms with Crippen molar-refractivity contribution in [2.45, 2.75) is 49.0 Å². The van der Waals surface area contributed by atoms with Crippen LogP contribution in [0, 0.1) is 0 Å². The number of nitrogens with zero attached hydrogens (tertiary/aromatic N) is 6. The first-order valence-corrected chi connectivity index (χ1v) is 14.4. The molecule has 1 saturated heterocycles. The number of hydrogen-bond acceptors (Lipinski definition) is 7. The van der Waals surface area contributed by atoms with Crippen molar-refractivity contribution in [1.29, 1.82) is 0 Å². The Morgan fingerprint density at radius 3 is 2.71 bits per heavy atom. The van der Waals surface area contributed by atoms with E-state index in [1.54, 1.807) is 6.20 Å². The van der Waals surface area contributed by atoms with Gasteiger partial charge in [0.15, 0.2) is 5.65 Å². The van der Waals surface area contributed by atoms with Crippen LogP contribution in [0.4, 0.5) is 17.3 Å². The van der Waals surface area contributed by atoms with Crippen molar-refractivity contribution in [3.63, 3.8) is 0 Å². The van der Waals surface area contributed by atoms with Crippen LogP contribution in [0.5, 0.6) is 0 Å². The Morgan fingerprint density at radius 2 is 1.97 bits per heavy atom. The molecule has 1 saturated carbocycles. The maximum atomic E-state index is 13.1. The van der Waals surface area contributed by atoms with Crippen LogP contribution in [-0.2, 0) is 17.4 Å². The lowest BCUT2D eigenvalue weighted by Crippen LogP contribution is -2.32. The van der Waals surface area contributed by atoms with Gasteiger partial charge >= 0.3 is 0 Å². The minimum absolute atomic E-state index is 0.0903. The van der Waals surface area contributed by atoms with Gasteiger partial charge in [-0.15, -0.1) is 0 Å². The summed E-state index contributed by atoms with van der Waals surface area (Å²) in [6.45, 7) is 1.65. The van der Waals surface area contributed by atoms with Gasteiger partial charge in [0.1, 0.15) is 22.6 Å². The maximum absolute atomic E-state index is 13.1. The van der Waals surface area contributed by atoms with Crippen LogP contribution in [0.1, 0.15) is 43.0 Å². The number of fused-ring (bicyclic) bond motifs is 1. The molecule has 0 amide bonds. The quantitative estimate of drug-likeness (QED) is 0.320. The first-order valence-electron chi connectivity index (χ1n) is 13.3. The van der Waals surface area contributed by atoms with E-state index in [1.165, 1.54) is 12.8 Å². The highest BCUT2D eigenvalue weighted by Gasteiger charge is 2.29. The van der Waals surface area contributed by atoms with Gasteiger partial charge in [0.05, 0.1) is 23.2 Å². The third-order valence-electron chi connectivity index (χ3n) is 7.33. The highest BCUT2D eigenvalue weighted by molar-refractivity contribution is 7.82. The van der Waals surface area contributed by atoms with Crippen molar-refractivity contribution in [2.24, 2.45) is 0 Å². The lowest BCUT2D eigenvalue weighted by Gasteiger charge is -2.25. The molecule has 38 heavy (non-hydrogen) atoms. The minimum Gasteiger partial charge on any atom is -0.394 e. The zero-order valence-corrected chi connectivity index (χ0v) is 22.3. The summed E-state index contributed by atoms with van der Waals surface area (Å²) in [4.78, 5) is 12.2. The first kappa shape index (κ1) is 25.0. The minimum atomic E-state index is -1.26. The molecular weight excluding hydrogens is 498 g/mol. The normalized spacial score (nSPS) is 18.4. The van der Waals surface area contributed by atoms with Crippen LogP contribution < -0.4 is 10.2 Å². The van der Waals surface area contributed by atoms with E-state index >= 15 is 0 Å². The average Bonchev–Trinajstić information content (AvgIpc) is 3.53. The molecule has 1 aliphatic carbocycles. The van der Waals surface area contributed by atoms with Crippen LogP contribution in [0.25, 0.3) is 5.65 Å². The van der Waals surface area contributed by atoms with Gasteiger partial charge in [0.2, 0.25) is 0 Å². The number of likely N-dealkylation sites (N-methyl/N-ethyl adjacent to an activating group) is 1. The number of anilines is 3. The summed E-state index contributed by atoms with van der Waals surface area (Å²) in [7, 11) is 0.604.